The second-order valence-electron chi connectivity index (χ2n) is 4.94. The van der Waals surface area contributed by atoms with Crippen molar-refractivity contribution in [3.05, 3.63) is 24.3 Å². The summed E-state index contributed by atoms with van der Waals surface area (Å²) in [6.07, 6.45) is 0. The zero-order valence-corrected chi connectivity index (χ0v) is 12.8. The van der Waals surface area contributed by atoms with Gasteiger partial charge in [0, 0.05) is 6.54 Å². The average Bonchev–Trinajstić information content (AvgIpc) is 2.45. The number of nitrogens with zero attached hydrogens (tertiary/aromatic N) is 1. The van der Waals surface area contributed by atoms with E-state index in [0.717, 1.165) is 0 Å². The number of rotatable bonds is 7. The van der Waals surface area contributed by atoms with Gasteiger partial charge in [-0.25, -0.2) is 4.79 Å². The molecule has 0 aliphatic carbocycles. The van der Waals surface area contributed by atoms with E-state index in [-0.39, 0.29) is 13.2 Å². The predicted octanol–water partition coefficient (Wildman–Crippen LogP) is 1.79. The fourth-order valence-corrected chi connectivity index (χ4v) is 1.95. The van der Waals surface area contributed by atoms with Gasteiger partial charge in [-0.2, -0.15) is 0 Å². The van der Waals surface area contributed by atoms with E-state index in [2.05, 4.69) is 0 Å². The minimum Gasteiger partial charge on any atom is -0.493 e. The smallest absolute Gasteiger partial charge is 0.329 e. The first-order valence-corrected chi connectivity index (χ1v) is 6.64. The topological polar surface area (TPSA) is 76.1 Å². The van der Waals surface area contributed by atoms with E-state index >= 15 is 0 Å². The van der Waals surface area contributed by atoms with Crippen molar-refractivity contribution in [1.29, 1.82) is 0 Å². The van der Waals surface area contributed by atoms with E-state index in [1.807, 2.05) is 0 Å². The second kappa shape index (κ2) is 6.97. The number of carbonyl (C=O) groups excluding carboxylic acids is 1. The Bertz CT molecular complexity index is 513. The summed E-state index contributed by atoms with van der Waals surface area (Å²) in [5.74, 6) is -0.492. The van der Waals surface area contributed by atoms with Gasteiger partial charge in [-0.3, -0.25) is 4.79 Å². The number of likely N-dealkylation sites (N-methyl/N-ethyl adjacent to an activating group) is 1. The molecular formula is C15H21NO5. The van der Waals surface area contributed by atoms with Crippen LogP contribution in [0.2, 0.25) is 0 Å². The molecule has 1 amide bonds. The predicted molar refractivity (Wildman–Crippen MR) is 77.6 cm³/mol. The van der Waals surface area contributed by atoms with Gasteiger partial charge in [0.05, 0.1) is 7.11 Å². The molecular weight excluding hydrogens is 274 g/mol. The molecule has 6 nitrogen and oxygen atoms in total. The highest BCUT2D eigenvalue weighted by molar-refractivity contribution is 5.87. The molecule has 0 radical (unpaired) electrons. The molecule has 0 saturated heterocycles. The van der Waals surface area contributed by atoms with Crippen molar-refractivity contribution in [3.8, 4) is 11.5 Å². The summed E-state index contributed by atoms with van der Waals surface area (Å²) in [6.45, 7) is 4.74. The maximum Gasteiger partial charge on any atom is 0.329 e. The molecule has 116 valence electrons. The molecule has 0 saturated carbocycles. The highest BCUT2D eigenvalue weighted by Crippen LogP contribution is 2.26. The van der Waals surface area contributed by atoms with Gasteiger partial charge in [-0.15, -0.1) is 0 Å². The number of methoxy groups -OCH3 is 1. The Morgan fingerprint density at radius 2 is 1.81 bits per heavy atom. The number of benzene rings is 1. The van der Waals surface area contributed by atoms with Crippen LogP contribution in [-0.2, 0) is 9.59 Å². The van der Waals surface area contributed by atoms with E-state index in [4.69, 9.17) is 9.47 Å². The molecule has 0 aliphatic heterocycles. The summed E-state index contributed by atoms with van der Waals surface area (Å²) < 4.78 is 10.6. The number of amides is 1. The van der Waals surface area contributed by atoms with Crippen LogP contribution in [0.15, 0.2) is 24.3 Å². The molecule has 0 unspecified atom stereocenters. The highest BCUT2D eigenvalue weighted by atomic mass is 16.5. The molecule has 1 N–H and O–H groups in total. The molecule has 21 heavy (non-hydrogen) atoms. The van der Waals surface area contributed by atoms with E-state index in [1.165, 1.54) is 25.9 Å². The minimum atomic E-state index is -1.28. The zero-order valence-electron chi connectivity index (χ0n) is 12.8. The van der Waals surface area contributed by atoms with Crippen LogP contribution in [0.3, 0.4) is 0 Å². The number of carboxylic acids is 1. The number of hydrogen-bond donors (Lipinski definition) is 1. The molecule has 6 heteroatoms. The van der Waals surface area contributed by atoms with E-state index in [1.54, 1.807) is 31.2 Å². The van der Waals surface area contributed by atoms with E-state index in [0.29, 0.717) is 11.5 Å². The van der Waals surface area contributed by atoms with Crippen LogP contribution in [-0.4, -0.2) is 47.7 Å². The van der Waals surface area contributed by atoms with Gasteiger partial charge in [0.2, 0.25) is 0 Å². The summed E-state index contributed by atoms with van der Waals surface area (Å²) in [5.41, 5.74) is -1.28. The number of carbonyl (C=O) groups is 2. The van der Waals surface area contributed by atoms with Crippen LogP contribution in [0.25, 0.3) is 0 Å². The van der Waals surface area contributed by atoms with Gasteiger partial charge in [0.15, 0.2) is 18.1 Å². The third kappa shape index (κ3) is 3.87. The Kier molecular flexibility index (Phi) is 5.58. The first kappa shape index (κ1) is 16.8. The molecule has 1 aromatic carbocycles. The van der Waals surface area contributed by atoms with E-state index in [9.17, 15) is 14.7 Å². The molecule has 1 rings (SSSR count). The molecule has 0 spiro atoms. The highest BCUT2D eigenvalue weighted by Gasteiger charge is 2.36. The summed E-state index contributed by atoms with van der Waals surface area (Å²) in [7, 11) is 1.51. The molecule has 0 aliphatic rings. The summed E-state index contributed by atoms with van der Waals surface area (Å²) in [4.78, 5) is 24.7. The molecule has 1 aromatic rings. The largest absolute Gasteiger partial charge is 0.493 e. The maximum absolute atomic E-state index is 12.2. The number of carboxylic acid groups (broad SMARTS) is 1. The quantitative estimate of drug-likeness (QED) is 0.830. The number of ether oxygens (including phenoxy) is 2. The van der Waals surface area contributed by atoms with Crippen LogP contribution in [0.5, 0.6) is 11.5 Å². The van der Waals surface area contributed by atoms with Crippen molar-refractivity contribution in [2.75, 3.05) is 20.3 Å². The van der Waals surface area contributed by atoms with Crippen LogP contribution in [0.4, 0.5) is 0 Å². The van der Waals surface area contributed by atoms with Gasteiger partial charge in [0.1, 0.15) is 5.54 Å². The van der Waals surface area contributed by atoms with Gasteiger partial charge < -0.3 is 19.5 Å². The monoisotopic (exact) mass is 295 g/mol. The Hall–Kier alpha value is -2.24. The Labute approximate surface area is 124 Å². The molecule has 0 atom stereocenters. The molecule has 0 aromatic heterocycles. The van der Waals surface area contributed by atoms with Crippen molar-refractivity contribution < 1.29 is 24.2 Å². The molecule has 0 heterocycles. The Morgan fingerprint density at radius 1 is 1.24 bits per heavy atom. The number of aliphatic carboxylic acids is 1. The van der Waals surface area contributed by atoms with E-state index < -0.39 is 17.4 Å². The first-order valence-electron chi connectivity index (χ1n) is 6.64. The number of para-hydroxylation sites is 2. The van der Waals surface area contributed by atoms with Crippen LogP contribution < -0.4 is 9.47 Å². The lowest BCUT2D eigenvalue weighted by Gasteiger charge is -2.34. The van der Waals surface area contributed by atoms with Crippen molar-refractivity contribution in [2.45, 2.75) is 26.3 Å². The van der Waals surface area contributed by atoms with Gasteiger partial charge in [0.25, 0.3) is 5.91 Å². The van der Waals surface area contributed by atoms with Crippen LogP contribution >= 0.6 is 0 Å². The first-order chi connectivity index (χ1) is 9.84. The third-order valence-corrected chi connectivity index (χ3v) is 3.24. The van der Waals surface area contributed by atoms with Gasteiger partial charge in [-0.1, -0.05) is 12.1 Å². The van der Waals surface area contributed by atoms with Crippen LogP contribution in [0, 0.1) is 0 Å². The Balaban J connectivity index is 2.78. The minimum absolute atomic E-state index is 0.245. The molecule has 0 bridgehead atoms. The van der Waals surface area contributed by atoms with Crippen molar-refractivity contribution in [1.82, 2.24) is 4.90 Å². The normalized spacial score (nSPS) is 10.9. The van der Waals surface area contributed by atoms with Crippen molar-refractivity contribution in [2.24, 2.45) is 0 Å². The van der Waals surface area contributed by atoms with Crippen LogP contribution in [0.1, 0.15) is 20.8 Å². The fraction of sp³-hybridized carbons (Fsp3) is 0.467. The zero-order chi connectivity index (χ0) is 16.0. The SMILES string of the molecule is CCN(C(=O)COc1ccccc1OC)C(C)(C)C(=O)O. The van der Waals surface area contributed by atoms with Gasteiger partial charge in [-0.05, 0) is 32.9 Å². The summed E-state index contributed by atoms with van der Waals surface area (Å²) in [5, 5.41) is 9.20. The van der Waals surface area contributed by atoms with Gasteiger partial charge >= 0.3 is 5.97 Å². The Morgan fingerprint density at radius 3 is 2.29 bits per heavy atom. The van der Waals surface area contributed by atoms with Crippen molar-refractivity contribution >= 4 is 11.9 Å². The average molecular weight is 295 g/mol. The lowest BCUT2D eigenvalue weighted by atomic mass is 10.0. The lowest BCUT2D eigenvalue weighted by Crippen LogP contribution is -2.54. The maximum atomic E-state index is 12.2. The van der Waals surface area contributed by atoms with Crippen molar-refractivity contribution in [3.63, 3.8) is 0 Å². The standard InChI is InChI=1S/C15H21NO5/c1-5-16(15(2,3)14(18)19)13(17)10-21-12-9-7-6-8-11(12)20-4/h6-9H,5,10H2,1-4H3,(H,18,19). The molecule has 0 fully saturated rings. The summed E-state index contributed by atoms with van der Waals surface area (Å²) in [6, 6.07) is 6.96. The fourth-order valence-electron chi connectivity index (χ4n) is 1.95. The third-order valence-electron chi connectivity index (χ3n) is 3.24. The summed E-state index contributed by atoms with van der Waals surface area (Å²) >= 11 is 0. The number of hydrogen-bond acceptors (Lipinski definition) is 4. The lowest BCUT2D eigenvalue weighted by molar-refractivity contribution is -0.157. The second-order valence-corrected chi connectivity index (χ2v) is 4.94.